The van der Waals surface area contributed by atoms with Gasteiger partial charge in [0.1, 0.15) is 6.33 Å². The average Bonchev–Trinajstić information content (AvgIpc) is 3.30. The van der Waals surface area contributed by atoms with Crippen molar-refractivity contribution in [3.63, 3.8) is 0 Å². The van der Waals surface area contributed by atoms with Crippen LogP contribution in [0.5, 0.6) is 0 Å². The first-order valence-electron chi connectivity index (χ1n) is 7.92. The van der Waals surface area contributed by atoms with Crippen molar-refractivity contribution in [3.05, 3.63) is 23.3 Å². The van der Waals surface area contributed by atoms with Gasteiger partial charge in [0, 0.05) is 31.1 Å². The largest absolute Gasteiger partial charge is 0.241 e. The summed E-state index contributed by atoms with van der Waals surface area (Å²) in [6.45, 7) is 3.15. The van der Waals surface area contributed by atoms with Gasteiger partial charge in [-0.3, -0.25) is 0 Å². The van der Waals surface area contributed by atoms with Crippen LogP contribution in [0.1, 0.15) is 55.5 Å². The van der Waals surface area contributed by atoms with Gasteiger partial charge in [-0.2, -0.15) is 0 Å². The van der Waals surface area contributed by atoms with Crippen LogP contribution in [0, 0.1) is 0 Å². The molecule has 0 amide bonds. The molecule has 1 fully saturated rings. The van der Waals surface area contributed by atoms with Crippen LogP contribution in [0.2, 0.25) is 0 Å². The number of aromatic nitrogens is 2. The first-order chi connectivity index (χ1) is 10.1. The van der Waals surface area contributed by atoms with Crippen LogP contribution in [0.4, 0.5) is 0 Å². The monoisotopic (exact) mass is 309 g/mol. The van der Waals surface area contributed by atoms with Crippen LogP contribution < -0.4 is 0 Å². The predicted molar refractivity (Wildman–Crippen MR) is 81.7 cm³/mol. The van der Waals surface area contributed by atoms with Gasteiger partial charge in [-0.05, 0) is 31.2 Å². The topological polar surface area (TPSA) is 63.2 Å². The molecule has 1 aliphatic carbocycles. The van der Waals surface area contributed by atoms with Gasteiger partial charge in [-0.15, -0.1) is 0 Å². The molecule has 116 valence electrons. The smallest absolute Gasteiger partial charge is 0.214 e. The molecule has 5 nitrogen and oxygen atoms in total. The highest BCUT2D eigenvalue weighted by Gasteiger charge is 2.31. The highest BCUT2D eigenvalue weighted by atomic mass is 32.2. The van der Waals surface area contributed by atoms with E-state index in [9.17, 15) is 8.42 Å². The Morgan fingerprint density at radius 3 is 2.71 bits per heavy atom. The number of nitrogens with zero attached hydrogens (tertiary/aromatic N) is 3. The van der Waals surface area contributed by atoms with E-state index in [1.165, 1.54) is 24.1 Å². The second kappa shape index (κ2) is 6.01. The Hall–Kier alpha value is -1.01. The number of sulfonamides is 1. The second-order valence-electron chi connectivity index (χ2n) is 6.03. The molecule has 1 aliphatic heterocycles. The molecule has 0 N–H and O–H groups in total. The standard InChI is InChI=1S/C15H23N3O2S/c1-2-3-10-21(19,20)18-8-6-13-14(7-9-18)16-11-17-15(13)12-4-5-12/h11-12H,2-10H2,1H3. The van der Waals surface area contributed by atoms with Crippen molar-refractivity contribution >= 4 is 10.0 Å². The summed E-state index contributed by atoms with van der Waals surface area (Å²) in [5.41, 5.74) is 3.45. The summed E-state index contributed by atoms with van der Waals surface area (Å²) < 4.78 is 26.4. The van der Waals surface area contributed by atoms with Crippen molar-refractivity contribution in [1.82, 2.24) is 14.3 Å². The number of unbranched alkanes of at least 4 members (excludes halogenated alkanes) is 1. The minimum absolute atomic E-state index is 0.265. The summed E-state index contributed by atoms with van der Waals surface area (Å²) in [5.74, 6) is 0.853. The Bertz CT molecular complexity index is 611. The molecule has 0 bridgehead atoms. The quantitative estimate of drug-likeness (QED) is 0.833. The molecule has 0 saturated heterocycles. The highest BCUT2D eigenvalue weighted by molar-refractivity contribution is 7.89. The van der Waals surface area contributed by atoms with Gasteiger partial charge in [-0.25, -0.2) is 22.7 Å². The molecule has 1 aromatic rings. The fraction of sp³-hybridized carbons (Fsp3) is 0.733. The maximum Gasteiger partial charge on any atom is 0.214 e. The lowest BCUT2D eigenvalue weighted by Crippen LogP contribution is -2.35. The number of fused-ring (bicyclic) bond motifs is 1. The van der Waals surface area contributed by atoms with E-state index in [4.69, 9.17) is 0 Å². The SMILES string of the molecule is CCCCS(=O)(=O)N1CCc2ncnc(C3CC3)c2CC1. The zero-order valence-corrected chi connectivity index (χ0v) is 13.4. The van der Waals surface area contributed by atoms with Gasteiger partial charge in [0.2, 0.25) is 10.0 Å². The normalized spacial score (nSPS) is 20.0. The lowest BCUT2D eigenvalue weighted by atomic mass is 10.0. The zero-order valence-electron chi connectivity index (χ0n) is 12.6. The number of hydrogen-bond acceptors (Lipinski definition) is 4. The van der Waals surface area contributed by atoms with Crippen LogP contribution in [0.25, 0.3) is 0 Å². The maximum atomic E-state index is 12.4. The molecule has 6 heteroatoms. The Kier molecular flexibility index (Phi) is 4.26. The molecular formula is C15H23N3O2S. The van der Waals surface area contributed by atoms with Crippen molar-refractivity contribution in [2.45, 2.75) is 51.4 Å². The van der Waals surface area contributed by atoms with Crippen molar-refractivity contribution in [2.24, 2.45) is 0 Å². The molecule has 1 aromatic heterocycles. The van der Waals surface area contributed by atoms with Crippen LogP contribution in [0.3, 0.4) is 0 Å². The lowest BCUT2D eigenvalue weighted by Gasteiger charge is -2.19. The summed E-state index contributed by atoms with van der Waals surface area (Å²) >= 11 is 0. The Balaban J connectivity index is 1.78. The molecule has 0 spiro atoms. The fourth-order valence-electron chi connectivity index (χ4n) is 2.97. The minimum atomic E-state index is -3.12. The van der Waals surface area contributed by atoms with Crippen LogP contribution in [0.15, 0.2) is 6.33 Å². The number of hydrogen-bond donors (Lipinski definition) is 0. The van der Waals surface area contributed by atoms with E-state index < -0.39 is 10.0 Å². The van der Waals surface area contributed by atoms with Crippen LogP contribution in [-0.4, -0.2) is 41.5 Å². The lowest BCUT2D eigenvalue weighted by molar-refractivity contribution is 0.425. The van der Waals surface area contributed by atoms with E-state index in [0.717, 1.165) is 25.0 Å². The minimum Gasteiger partial charge on any atom is -0.241 e. The van der Waals surface area contributed by atoms with E-state index in [1.807, 2.05) is 6.92 Å². The second-order valence-corrected chi connectivity index (χ2v) is 8.12. The molecule has 21 heavy (non-hydrogen) atoms. The highest BCUT2D eigenvalue weighted by Crippen LogP contribution is 2.41. The van der Waals surface area contributed by atoms with Crippen molar-refractivity contribution in [2.75, 3.05) is 18.8 Å². The maximum absolute atomic E-state index is 12.4. The van der Waals surface area contributed by atoms with Crippen molar-refractivity contribution in [1.29, 1.82) is 0 Å². The van der Waals surface area contributed by atoms with Crippen LogP contribution >= 0.6 is 0 Å². The summed E-state index contributed by atoms with van der Waals surface area (Å²) in [6.07, 6.45) is 7.18. The zero-order chi connectivity index (χ0) is 14.9. The molecule has 0 aromatic carbocycles. The first-order valence-corrected chi connectivity index (χ1v) is 9.53. The van der Waals surface area contributed by atoms with E-state index >= 15 is 0 Å². The van der Waals surface area contributed by atoms with Crippen molar-refractivity contribution in [3.8, 4) is 0 Å². The summed E-state index contributed by atoms with van der Waals surface area (Å²) in [4.78, 5) is 8.85. The van der Waals surface area contributed by atoms with E-state index in [1.54, 1.807) is 10.6 Å². The molecule has 2 aliphatic rings. The molecule has 0 atom stereocenters. The summed E-state index contributed by atoms with van der Waals surface area (Å²) in [7, 11) is -3.12. The van der Waals surface area contributed by atoms with E-state index in [0.29, 0.717) is 25.4 Å². The van der Waals surface area contributed by atoms with Crippen molar-refractivity contribution < 1.29 is 8.42 Å². The molecule has 3 rings (SSSR count). The molecular weight excluding hydrogens is 286 g/mol. The number of rotatable bonds is 5. The fourth-order valence-corrected chi connectivity index (χ4v) is 4.62. The molecule has 2 heterocycles. The summed E-state index contributed by atoms with van der Waals surface area (Å²) in [5, 5.41) is 0. The third kappa shape index (κ3) is 3.26. The van der Waals surface area contributed by atoms with Crippen LogP contribution in [-0.2, 0) is 22.9 Å². The predicted octanol–water partition coefficient (Wildman–Crippen LogP) is 1.88. The van der Waals surface area contributed by atoms with E-state index in [2.05, 4.69) is 9.97 Å². The summed E-state index contributed by atoms with van der Waals surface area (Å²) in [6, 6.07) is 0. The third-order valence-electron chi connectivity index (χ3n) is 4.39. The molecule has 0 unspecified atom stereocenters. The molecule has 1 saturated carbocycles. The Morgan fingerprint density at radius 1 is 1.24 bits per heavy atom. The Labute approximate surface area is 126 Å². The first kappa shape index (κ1) is 14.9. The average molecular weight is 309 g/mol. The Morgan fingerprint density at radius 2 is 2.00 bits per heavy atom. The van der Waals surface area contributed by atoms with Gasteiger partial charge < -0.3 is 0 Å². The molecule has 0 radical (unpaired) electrons. The van der Waals surface area contributed by atoms with Gasteiger partial charge >= 0.3 is 0 Å². The van der Waals surface area contributed by atoms with Gasteiger partial charge in [-0.1, -0.05) is 13.3 Å². The van der Waals surface area contributed by atoms with Gasteiger partial charge in [0.25, 0.3) is 0 Å². The van der Waals surface area contributed by atoms with Gasteiger partial charge in [0.15, 0.2) is 0 Å². The van der Waals surface area contributed by atoms with E-state index in [-0.39, 0.29) is 5.75 Å². The third-order valence-corrected chi connectivity index (χ3v) is 6.35. The van der Waals surface area contributed by atoms with Gasteiger partial charge in [0.05, 0.1) is 11.4 Å².